The molecule has 0 aliphatic heterocycles. The van der Waals surface area contributed by atoms with Crippen molar-refractivity contribution in [2.45, 2.75) is 19.3 Å². The molecule has 0 amide bonds. The molecule has 1 heterocycles. The van der Waals surface area contributed by atoms with Crippen molar-refractivity contribution in [2.75, 3.05) is 6.61 Å². The van der Waals surface area contributed by atoms with Crippen molar-refractivity contribution in [1.29, 1.82) is 0 Å². The molecule has 1 aliphatic carbocycles. The monoisotopic (exact) mass is 339 g/mol. The zero-order valence-corrected chi connectivity index (χ0v) is 15.7. The molecule has 2 aromatic rings. The smallest absolute Gasteiger partial charge is 0.543 e. The number of carbonyl (C=O) groups is 1. The quantitative estimate of drug-likeness (QED) is 0.665. The molecule has 1 saturated carbocycles. The third-order valence-electron chi connectivity index (χ3n) is 3.58. The van der Waals surface area contributed by atoms with Gasteiger partial charge in [0.15, 0.2) is 0 Å². The summed E-state index contributed by atoms with van der Waals surface area (Å²) in [4.78, 5) is 15.0. The first kappa shape index (κ1) is 18.3. The van der Waals surface area contributed by atoms with Gasteiger partial charge < -0.3 is 14.6 Å². The molecule has 4 nitrogen and oxygen atoms in total. The van der Waals surface area contributed by atoms with Crippen LogP contribution in [0.15, 0.2) is 36.4 Å². The van der Waals surface area contributed by atoms with Gasteiger partial charge in [0.25, 0.3) is 0 Å². The zero-order valence-electron chi connectivity index (χ0n) is 12.9. The number of carboxylic acids is 1. The Morgan fingerprint density at radius 3 is 2.78 bits per heavy atom. The molecule has 3 rings (SSSR count). The van der Waals surface area contributed by atoms with E-state index in [1.165, 1.54) is 18.9 Å². The van der Waals surface area contributed by atoms with Crippen LogP contribution < -0.4 is 39.4 Å². The van der Waals surface area contributed by atoms with Crippen LogP contribution in [-0.2, 0) is 6.42 Å². The Morgan fingerprint density at radius 2 is 2.09 bits per heavy atom. The molecule has 0 saturated heterocycles. The maximum absolute atomic E-state index is 10.9. The standard InChI is InChI=1S/C17H16ClNO3.Na/c18-13-6-7-16(22-10-11-4-5-11)12(8-13)9-14-2-1-3-15(19-14)17(20)21;/h1-3,6-8,11H,4-5,9-10H2,(H,20,21);/q;+1/p-1. The van der Waals surface area contributed by atoms with E-state index in [1.54, 1.807) is 18.2 Å². The van der Waals surface area contributed by atoms with E-state index in [0.29, 0.717) is 29.7 Å². The number of aromatic nitrogens is 1. The van der Waals surface area contributed by atoms with Crippen molar-refractivity contribution in [2.24, 2.45) is 5.92 Å². The number of hydrogen-bond donors (Lipinski definition) is 0. The van der Waals surface area contributed by atoms with E-state index in [1.807, 2.05) is 12.1 Å². The molecule has 6 heteroatoms. The van der Waals surface area contributed by atoms with Crippen LogP contribution in [0.4, 0.5) is 0 Å². The van der Waals surface area contributed by atoms with Crippen molar-refractivity contribution < 1.29 is 44.2 Å². The molecule has 0 atom stereocenters. The van der Waals surface area contributed by atoms with Crippen LogP contribution in [0.2, 0.25) is 5.02 Å². The van der Waals surface area contributed by atoms with Crippen molar-refractivity contribution >= 4 is 17.6 Å². The Morgan fingerprint density at radius 1 is 1.30 bits per heavy atom. The Labute approximate surface area is 162 Å². The summed E-state index contributed by atoms with van der Waals surface area (Å²) in [6.07, 6.45) is 2.90. The Bertz CT molecular complexity index is 704. The molecule has 23 heavy (non-hydrogen) atoms. The van der Waals surface area contributed by atoms with Crippen LogP contribution in [0.5, 0.6) is 5.75 Å². The van der Waals surface area contributed by atoms with Crippen LogP contribution in [0.25, 0.3) is 0 Å². The van der Waals surface area contributed by atoms with Crippen LogP contribution in [0.1, 0.15) is 34.6 Å². The molecule has 0 N–H and O–H groups in total. The predicted octanol–water partition coefficient (Wildman–Crippen LogP) is -0.518. The number of ether oxygens (including phenoxy) is 1. The van der Waals surface area contributed by atoms with Gasteiger partial charge in [-0.05, 0) is 49.1 Å². The third kappa shape index (κ3) is 5.21. The van der Waals surface area contributed by atoms with Gasteiger partial charge >= 0.3 is 29.6 Å². The number of halogens is 1. The molecule has 0 bridgehead atoms. The van der Waals surface area contributed by atoms with E-state index in [0.717, 1.165) is 11.3 Å². The summed E-state index contributed by atoms with van der Waals surface area (Å²) in [6, 6.07) is 10.3. The zero-order chi connectivity index (χ0) is 15.5. The summed E-state index contributed by atoms with van der Waals surface area (Å²) in [5.74, 6) is 0.151. The van der Waals surface area contributed by atoms with Crippen LogP contribution >= 0.6 is 11.6 Å². The van der Waals surface area contributed by atoms with E-state index >= 15 is 0 Å². The summed E-state index contributed by atoms with van der Waals surface area (Å²) in [7, 11) is 0. The fourth-order valence-electron chi connectivity index (χ4n) is 2.21. The fraction of sp³-hybridized carbons (Fsp3) is 0.294. The number of carboxylic acid groups (broad SMARTS) is 1. The normalized spacial score (nSPS) is 13.3. The summed E-state index contributed by atoms with van der Waals surface area (Å²) < 4.78 is 5.85. The van der Waals surface area contributed by atoms with E-state index < -0.39 is 5.97 Å². The van der Waals surface area contributed by atoms with Gasteiger partial charge in [0.05, 0.1) is 18.3 Å². The van der Waals surface area contributed by atoms with E-state index in [4.69, 9.17) is 16.3 Å². The Hall–Kier alpha value is -1.07. The number of benzene rings is 1. The molecule has 114 valence electrons. The molecule has 1 aliphatic rings. The molecule has 0 unspecified atom stereocenters. The second kappa shape index (κ2) is 8.15. The molecule has 0 radical (unpaired) electrons. The second-order valence-electron chi connectivity index (χ2n) is 5.48. The molecular weight excluding hydrogens is 325 g/mol. The minimum absolute atomic E-state index is 0. The fourth-order valence-corrected chi connectivity index (χ4v) is 2.40. The van der Waals surface area contributed by atoms with Crippen LogP contribution in [0.3, 0.4) is 0 Å². The Balaban J connectivity index is 0.00000192. The Kier molecular flexibility index (Phi) is 6.48. The molecule has 1 aromatic heterocycles. The minimum atomic E-state index is -1.28. The number of nitrogens with zero attached hydrogens (tertiary/aromatic N) is 1. The number of rotatable bonds is 6. The van der Waals surface area contributed by atoms with Gasteiger partial charge in [0.1, 0.15) is 5.75 Å². The van der Waals surface area contributed by atoms with Gasteiger partial charge in [-0.15, -0.1) is 0 Å². The van der Waals surface area contributed by atoms with Crippen molar-refractivity contribution in [3.8, 4) is 5.75 Å². The number of carbonyl (C=O) groups excluding carboxylic acids is 1. The molecule has 0 spiro atoms. The van der Waals surface area contributed by atoms with E-state index in [9.17, 15) is 9.90 Å². The number of aromatic carboxylic acids is 1. The second-order valence-corrected chi connectivity index (χ2v) is 5.92. The van der Waals surface area contributed by atoms with E-state index in [2.05, 4.69) is 4.98 Å². The van der Waals surface area contributed by atoms with Crippen molar-refractivity contribution in [3.05, 3.63) is 58.4 Å². The predicted molar refractivity (Wildman–Crippen MR) is 81.0 cm³/mol. The van der Waals surface area contributed by atoms with Crippen molar-refractivity contribution in [1.82, 2.24) is 4.98 Å². The molecule has 1 fully saturated rings. The van der Waals surface area contributed by atoms with E-state index in [-0.39, 0.29) is 35.3 Å². The van der Waals surface area contributed by atoms with Gasteiger partial charge in [-0.25, -0.2) is 0 Å². The third-order valence-corrected chi connectivity index (χ3v) is 3.82. The van der Waals surface area contributed by atoms with Crippen LogP contribution in [0, 0.1) is 5.92 Å². The first-order chi connectivity index (χ1) is 10.6. The first-order valence-electron chi connectivity index (χ1n) is 7.20. The average molecular weight is 340 g/mol. The van der Waals surface area contributed by atoms with Gasteiger partial charge in [0.2, 0.25) is 0 Å². The summed E-state index contributed by atoms with van der Waals surface area (Å²) in [5, 5.41) is 11.5. The van der Waals surface area contributed by atoms with Gasteiger partial charge in [-0.1, -0.05) is 17.7 Å². The SMILES string of the molecule is O=C([O-])c1cccc(Cc2cc(Cl)ccc2OCC2CC2)n1.[Na+]. The van der Waals surface area contributed by atoms with Gasteiger partial charge in [-0.2, -0.15) is 0 Å². The maximum atomic E-state index is 10.9. The number of hydrogen-bond acceptors (Lipinski definition) is 4. The average Bonchev–Trinajstić information content (AvgIpc) is 3.31. The van der Waals surface area contributed by atoms with Gasteiger partial charge in [0, 0.05) is 22.7 Å². The summed E-state index contributed by atoms with van der Waals surface area (Å²) >= 11 is 6.06. The maximum Gasteiger partial charge on any atom is 1.00 e. The summed E-state index contributed by atoms with van der Waals surface area (Å²) in [5.41, 5.74) is 1.47. The van der Waals surface area contributed by atoms with Crippen molar-refractivity contribution in [3.63, 3.8) is 0 Å². The number of pyridine rings is 1. The minimum Gasteiger partial charge on any atom is -0.543 e. The topological polar surface area (TPSA) is 62.2 Å². The molecular formula is C17H15ClNNaO3. The molecule has 1 aromatic carbocycles. The van der Waals surface area contributed by atoms with Crippen LogP contribution in [-0.4, -0.2) is 17.6 Å². The van der Waals surface area contributed by atoms with Gasteiger partial charge in [-0.3, -0.25) is 4.98 Å². The summed E-state index contributed by atoms with van der Waals surface area (Å²) in [6.45, 7) is 0.709. The first-order valence-corrected chi connectivity index (χ1v) is 7.58. The largest absolute Gasteiger partial charge is 1.00 e.